The Hall–Kier alpha value is -1.75. The van der Waals surface area contributed by atoms with Crippen LogP contribution in [0.5, 0.6) is 0 Å². The van der Waals surface area contributed by atoms with Crippen molar-refractivity contribution in [2.45, 2.75) is 13.0 Å². The van der Waals surface area contributed by atoms with Crippen LogP contribution in [0.4, 0.5) is 8.78 Å². The molecule has 1 aromatic carbocycles. The number of Topliss-reactive ketones (excluding diaryl/α,β-unsaturated/α-hetero) is 1. The van der Waals surface area contributed by atoms with Gasteiger partial charge in [-0.1, -0.05) is 0 Å². The van der Waals surface area contributed by atoms with Crippen molar-refractivity contribution in [1.29, 1.82) is 0 Å². The number of fused-ring (bicyclic) bond motifs is 1. The van der Waals surface area contributed by atoms with E-state index < -0.39 is 29.0 Å². The van der Waals surface area contributed by atoms with E-state index in [1.54, 1.807) is 14.0 Å². The molecule has 0 saturated heterocycles. The molecule has 90 valence electrons. The average molecular weight is 239 g/mol. The summed E-state index contributed by atoms with van der Waals surface area (Å²) in [6, 6.07) is 1.74. The van der Waals surface area contributed by atoms with Crippen molar-refractivity contribution in [3.63, 3.8) is 0 Å². The third-order valence-electron chi connectivity index (χ3n) is 2.72. The van der Waals surface area contributed by atoms with Crippen molar-refractivity contribution in [1.82, 2.24) is 5.32 Å². The fourth-order valence-corrected chi connectivity index (χ4v) is 1.61. The fourth-order valence-electron chi connectivity index (χ4n) is 1.61. The molecule has 0 spiro atoms. The Morgan fingerprint density at radius 1 is 1.47 bits per heavy atom. The Morgan fingerprint density at radius 2 is 2.18 bits per heavy atom. The molecule has 0 aliphatic carbocycles. The van der Waals surface area contributed by atoms with Gasteiger partial charge in [-0.3, -0.25) is 4.79 Å². The van der Waals surface area contributed by atoms with E-state index in [0.29, 0.717) is 0 Å². The third kappa shape index (κ3) is 1.82. The second kappa shape index (κ2) is 4.25. The summed E-state index contributed by atoms with van der Waals surface area (Å²) in [4.78, 5) is 11.8. The van der Waals surface area contributed by atoms with Crippen molar-refractivity contribution in [3.05, 3.63) is 35.6 Å². The van der Waals surface area contributed by atoms with E-state index in [9.17, 15) is 13.6 Å². The molecule has 3 nitrogen and oxygen atoms in total. The maximum Gasteiger partial charge on any atom is 0.185 e. The summed E-state index contributed by atoms with van der Waals surface area (Å²) in [6.07, 6.45) is 1.25. The molecular weight excluding hydrogens is 228 g/mol. The maximum atomic E-state index is 14.0. The standard InChI is InChI=1S/C12H11F2NO2/c1-6(15-2)12(16)10-8(13)5-9-7(11(10)14)3-4-17-9/h3-6,15H,1-2H3/t6-/m1/s1. The summed E-state index contributed by atoms with van der Waals surface area (Å²) in [5, 5.41) is 2.76. The minimum atomic E-state index is -0.906. The van der Waals surface area contributed by atoms with E-state index in [0.717, 1.165) is 6.07 Å². The zero-order valence-electron chi connectivity index (χ0n) is 9.38. The number of furan rings is 1. The van der Waals surface area contributed by atoms with Gasteiger partial charge in [0, 0.05) is 6.07 Å². The number of carbonyl (C=O) groups excluding carboxylic acids is 1. The SMILES string of the molecule is CN[C@H](C)C(=O)c1c(F)cc2occc2c1F. The van der Waals surface area contributed by atoms with Crippen molar-refractivity contribution < 1.29 is 18.0 Å². The Morgan fingerprint density at radius 3 is 2.82 bits per heavy atom. The second-order valence-electron chi connectivity index (χ2n) is 3.75. The number of hydrogen-bond acceptors (Lipinski definition) is 3. The van der Waals surface area contributed by atoms with Crippen LogP contribution in [-0.4, -0.2) is 18.9 Å². The highest BCUT2D eigenvalue weighted by molar-refractivity contribution is 6.03. The number of benzene rings is 1. The molecule has 0 bridgehead atoms. The quantitative estimate of drug-likeness (QED) is 0.837. The van der Waals surface area contributed by atoms with Crippen LogP contribution < -0.4 is 5.32 Å². The van der Waals surface area contributed by atoms with Crippen LogP contribution in [0.25, 0.3) is 11.0 Å². The van der Waals surface area contributed by atoms with Crippen LogP contribution in [0, 0.1) is 11.6 Å². The monoisotopic (exact) mass is 239 g/mol. The smallest absolute Gasteiger partial charge is 0.185 e. The summed E-state index contributed by atoms with van der Waals surface area (Å²) in [5.41, 5.74) is -0.436. The molecular formula is C12H11F2NO2. The van der Waals surface area contributed by atoms with Gasteiger partial charge in [-0.25, -0.2) is 8.78 Å². The van der Waals surface area contributed by atoms with E-state index in [1.807, 2.05) is 0 Å². The zero-order chi connectivity index (χ0) is 12.6. The van der Waals surface area contributed by atoms with Crippen LogP contribution in [0.1, 0.15) is 17.3 Å². The predicted octanol–water partition coefficient (Wildman–Crippen LogP) is 2.50. The number of rotatable bonds is 3. The summed E-state index contributed by atoms with van der Waals surface area (Å²) in [7, 11) is 1.55. The number of carbonyl (C=O) groups is 1. The van der Waals surface area contributed by atoms with Gasteiger partial charge < -0.3 is 9.73 Å². The summed E-state index contributed by atoms with van der Waals surface area (Å²) >= 11 is 0. The molecule has 5 heteroatoms. The van der Waals surface area contributed by atoms with Gasteiger partial charge in [-0.05, 0) is 20.0 Å². The lowest BCUT2D eigenvalue weighted by Crippen LogP contribution is -2.32. The molecule has 17 heavy (non-hydrogen) atoms. The second-order valence-corrected chi connectivity index (χ2v) is 3.75. The van der Waals surface area contributed by atoms with Crippen LogP contribution in [0.2, 0.25) is 0 Å². The molecule has 0 aliphatic heterocycles. The number of halogens is 2. The lowest BCUT2D eigenvalue weighted by atomic mass is 10.0. The first-order chi connectivity index (χ1) is 8.06. The van der Waals surface area contributed by atoms with Gasteiger partial charge in [0.2, 0.25) is 0 Å². The van der Waals surface area contributed by atoms with E-state index in [2.05, 4.69) is 5.32 Å². The zero-order valence-corrected chi connectivity index (χ0v) is 9.38. The first kappa shape index (κ1) is 11.7. The lowest BCUT2D eigenvalue weighted by molar-refractivity contribution is 0.0947. The lowest BCUT2D eigenvalue weighted by Gasteiger charge is -2.10. The van der Waals surface area contributed by atoms with Crippen LogP contribution in [0.3, 0.4) is 0 Å². The largest absolute Gasteiger partial charge is 0.464 e. The number of nitrogens with one attached hydrogen (secondary N) is 1. The summed E-state index contributed by atoms with van der Waals surface area (Å²) in [5.74, 6) is -2.40. The Balaban J connectivity index is 2.64. The van der Waals surface area contributed by atoms with Crippen molar-refractivity contribution in [2.24, 2.45) is 0 Å². The molecule has 0 fully saturated rings. The molecule has 0 aliphatic rings. The molecule has 0 amide bonds. The molecule has 1 aromatic heterocycles. The summed E-state index contributed by atoms with van der Waals surface area (Å²) < 4.78 is 32.5. The molecule has 1 atom stereocenters. The molecule has 0 saturated carbocycles. The third-order valence-corrected chi connectivity index (χ3v) is 2.72. The summed E-state index contributed by atoms with van der Waals surface area (Å²) in [6.45, 7) is 1.54. The normalized spacial score (nSPS) is 12.9. The molecule has 0 unspecified atom stereocenters. The van der Waals surface area contributed by atoms with E-state index in [4.69, 9.17) is 4.42 Å². The van der Waals surface area contributed by atoms with Gasteiger partial charge in [-0.2, -0.15) is 0 Å². The minimum Gasteiger partial charge on any atom is -0.464 e. The van der Waals surface area contributed by atoms with Gasteiger partial charge in [-0.15, -0.1) is 0 Å². The van der Waals surface area contributed by atoms with Crippen LogP contribution in [-0.2, 0) is 0 Å². The highest BCUT2D eigenvalue weighted by Crippen LogP contribution is 2.25. The topological polar surface area (TPSA) is 42.2 Å². The highest BCUT2D eigenvalue weighted by atomic mass is 19.1. The van der Waals surface area contributed by atoms with Gasteiger partial charge in [0.05, 0.1) is 23.3 Å². The predicted molar refractivity (Wildman–Crippen MR) is 59.0 cm³/mol. The molecule has 1 N–H and O–H groups in total. The Bertz CT molecular complexity index is 577. The van der Waals surface area contributed by atoms with E-state index in [1.165, 1.54) is 12.3 Å². The van der Waals surface area contributed by atoms with Gasteiger partial charge in [0.1, 0.15) is 17.2 Å². The van der Waals surface area contributed by atoms with Crippen molar-refractivity contribution >= 4 is 16.8 Å². The molecule has 2 aromatic rings. The van der Waals surface area contributed by atoms with E-state index in [-0.39, 0.29) is 11.0 Å². The van der Waals surface area contributed by atoms with Crippen LogP contribution >= 0.6 is 0 Å². The Kier molecular flexibility index (Phi) is 2.93. The molecule has 1 heterocycles. The van der Waals surface area contributed by atoms with Crippen molar-refractivity contribution in [2.75, 3.05) is 7.05 Å². The average Bonchev–Trinajstić information content (AvgIpc) is 2.75. The first-order valence-electron chi connectivity index (χ1n) is 5.13. The highest BCUT2D eigenvalue weighted by Gasteiger charge is 2.24. The minimum absolute atomic E-state index is 0.0914. The van der Waals surface area contributed by atoms with Gasteiger partial charge >= 0.3 is 0 Å². The number of hydrogen-bond donors (Lipinski definition) is 1. The fraction of sp³-hybridized carbons (Fsp3) is 0.250. The Labute approximate surface area is 96.4 Å². The maximum absolute atomic E-state index is 14.0. The molecule has 2 rings (SSSR count). The van der Waals surface area contributed by atoms with E-state index >= 15 is 0 Å². The molecule has 0 radical (unpaired) electrons. The van der Waals surface area contributed by atoms with Crippen LogP contribution in [0.15, 0.2) is 22.8 Å². The number of likely N-dealkylation sites (N-methyl/N-ethyl adjacent to an activating group) is 1. The van der Waals surface area contributed by atoms with Gasteiger partial charge in [0.25, 0.3) is 0 Å². The first-order valence-corrected chi connectivity index (χ1v) is 5.13. The number of ketones is 1. The van der Waals surface area contributed by atoms with Gasteiger partial charge in [0.15, 0.2) is 5.78 Å². The van der Waals surface area contributed by atoms with Crippen molar-refractivity contribution in [3.8, 4) is 0 Å².